The molecule has 0 spiro atoms. The summed E-state index contributed by atoms with van der Waals surface area (Å²) in [6.45, 7) is 0. The lowest BCUT2D eigenvalue weighted by Gasteiger charge is -2.44. The van der Waals surface area contributed by atoms with Crippen LogP contribution in [0.2, 0.25) is 0 Å². The predicted octanol–water partition coefficient (Wildman–Crippen LogP) is 0.875. The molecule has 2 aliphatic rings. The second kappa shape index (κ2) is 6.46. The van der Waals surface area contributed by atoms with Gasteiger partial charge in [-0.1, -0.05) is 12.2 Å². The summed E-state index contributed by atoms with van der Waals surface area (Å²) in [5, 5.41) is 33.2. The first-order valence-electron chi connectivity index (χ1n) is 8.30. The number of aliphatic hydroxyl groups excluding tert-OH is 1. The quantitative estimate of drug-likeness (QED) is 0.608. The number of anilines is 1. The molecule has 1 saturated carbocycles. The number of nitrogens with zero attached hydrogens (tertiary/aromatic N) is 2. The fourth-order valence-corrected chi connectivity index (χ4v) is 3.21. The smallest absolute Gasteiger partial charge is 0.203 e. The number of carbonyl (C=O) groups excluding carboxylic acids is 1. The molecule has 2 N–H and O–H groups in total. The molecule has 2 aliphatic carbocycles. The Balaban J connectivity index is 1.94. The highest BCUT2D eigenvalue weighted by Crippen LogP contribution is 2.43. The number of phenols is 1. The molecule has 0 heterocycles. The van der Waals surface area contributed by atoms with Crippen LogP contribution in [0.1, 0.15) is 11.5 Å². The monoisotopic (exact) mass is 354 g/mol. The second-order valence-electron chi connectivity index (χ2n) is 6.91. The van der Waals surface area contributed by atoms with Crippen LogP contribution < -0.4 is 10.0 Å². The predicted molar refractivity (Wildman–Crippen MR) is 98.0 cm³/mol. The molecule has 0 radical (unpaired) electrons. The van der Waals surface area contributed by atoms with E-state index in [2.05, 4.69) is 0 Å². The first-order valence-corrected chi connectivity index (χ1v) is 8.30. The van der Waals surface area contributed by atoms with Crippen LogP contribution in [0.25, 0.3) is 0 Å². The number of carbonyl (C=O) groups is 1. The maximum Gasteiger partial charge on any atom is 0.203 e. The van der Waals surface area contributed by atoms with Crippen LogP contribution in [0.15, 0.2) is 53.3 Å². The zero-order valence-corrected chi connectivity index (χ0v) is 15.2. The van der Waals surface area contributed by atoms with E-state index in [1.807, 2.05) is 37.7 Å². The lowest BCUT2D eigenvalue weighted by molar-refractivity contribution is -0.462. The summed E-state index contributed by atoms with van der Waals surface area (Å²) < 4.78 is 1.82. The van der Waals surface area contributed by atoms with Crippen LogP contribution in [0.4, 0.5) is 5.69 Å². The number of hydrogen-bond acceptors (Lipinski definition) is 5. The van der Waals surface area contributed by atoms with Crippen molar-refractivity contribution >= 4 is 17.2 Å². The Labute approximate surface area is 152 Å². The lowest BCUT2D eigenvalue weighted by Crippen LogP contribution is -2.52. The van der Waals surface area contributed by atoms with Crippen LogP contribution in [-0.2, 0) is 4.79 Å². The van der Waals surface area contributed by atoms with Gasteiger partial charge in [-0.2, -0.15) is 0 Å². The highest BCUT2D eigenvalue weighted by atomic mass is 16.3. The first-order chi connectivity index (χ1) is 12.2. The van der Waals surface area contributed by atoms with E-state index in [9.17, 15) is 20.1 Å². The third-order valence-corrected chi connectivity index (χ3v) is 4.79. The molecule has 136 valence electrons. The minimum Gasteiger partial charge on any atom is -0.848 e. The Morgan fingerprint density at radius 2 is 1.85 bits per heavy atom. The molecule has 6 heteroatoms. The number of allylic oxidation sites excluding steroid dienone is 3. The second-order valence-corrected chi connectivity index (χ2v) is 6.91. The summed E-state index contributed by atoms with van der Waals surface area (Å²) in [5.41, 5.74) is 2.21. The average molecular weight is 354 g/mol. The van der Waals surface area contributed by atoms with Gasteiger partial charge in [0.2, 0.25) is 5.71 Å². The van der Waals surface area contributed by atoms with Crippen molar-refractivity contribution in [3.8, 4) is 5.75 Å². The molecule has 0 saturated heterocycles. The SMILES string of the molecule is CN(C)c1ccc(C2C(=O)C(=C3C=CC(=[N+](C)C)C=C3O)C2[O-])c(O)c1. The van der Waals surface area contributed by atoms with Crippen molar-refractivity contribution in [2.45, 2.75) is 12.0 Å². The summed E-state index contributed by atoms with van der Waals surface area (Å²) in [5.74, 6) is -1.45. The maximum atomic E-state index is 12.7. The molecular formula is C20H22N2O4. The van der Waals surface area contributed by atoms with E-state index in [4.69, 9.17) is 0 Å². The summed E-state index contributed by atoms with van der Waals surface area (Å²) >= 11 is 0. The topological polar surface area (TPSA) is 86.8 Å². The van der Waals surface area contributed by atoms with Gasteiger partial charge in [0.25, 0.3) is 0 Å². The Bertz CT molecular complexity index is 902. The third kappa shape index (κ3) is 2.82. The van der Waals surface area contributed by atoms with Gasteiger partial charge in [0, 0.05) is 49.0 Å². The van der Waals surface area contributed by atoms with Crippen LogP contribution in [0.5, 0.6) is 5.75 Å². The van der Waals surface area contributed by atoms with Crippen molar-refractivity contribution in [1.82, 2.24) is 0 Å². The number of ketones is 1. The highest BCUT2D eigenvalue weighted by Gasteiger charge is 2.42. The number of hydrogen-bond donors (Lipinski definition) is 2. The van der Waals surface area contributed by atoms with Gasteiger partial charge in [-0.15, -0.1) is 0 Å². The van der Waals surface area contributed by atoms with Crippen molar-refractivity contribution < 1.29 is 24.7 Å². The fourth-order valence-electron chi connectivity index (χ4n) is 3.21. The Hall–Kier alpha value is -2.86. The van der Waals surface area contributed by atoms with Gasteiger partial charge in [-0.3, -0.25) is 4.79 Å². The molecule has 0 amide bonds. The molecule has 0 aliphatic heterocycles. The van der Waals surface area contributed by atoms with Gasteiger partial charge in [0.1, 0.15) is 25.6 Å². The number of aromatic hydroxyl groups is 1. The van der Waals surface area contributed by atoms with E-state index < -0.39 is 12.0 Å². The minimum absolute atomic E-state index is 0.0638. The van der Waals surface area contributed by atoms with Crippen LogP contribution >= 0.6 is 0 Å². The van der Waals surface area contributed by atoms with Gasteiger partial charge in [0.15, 0.2) is 5.78 Å². The van der Waals surface area contributed by atoms with Crippen molar-refractivity contribution in [2.24, 2.45) is 0 Å². The molecule has 2 atom stereocenters. The number of Topliss-reactive ketones (excluding diaryl/α,β-unsaturated/α-hetero) is 1. The van der Waals surface area contributed by atoms with Crippen molar-refractivity contribution in [3.63, 3.8) is 0 Å². The molecule has 26 heavy (non-hydrogen) atoms. The molecule has 1 aromatic rings. The van der Waals surface area contributed by atoms with Gasteiger partial charge in [0.05, 0.1) is 6.08 Å². The van der Waals surface area contributed by atoms with Crippen molar-refractivity contribution in [1.29, 1.82) is 0 Å². The Kier molecular flexibility index (Phi) is 4.46. The first kappa shape index (κ1) is 17.9. The number of benzene rings is 1. The van der Waals surface area contributed by atoms with Gasteiger partial charge in [-0.25, -0.2) is 4.58 Å². The van der Waals surface area contributed by atoms with E-state index >= 15 is 0 Å². The summed E-state index contributed by atoms with van der Waals surface area (Å²) in [4.78, 5) is 14.5. The Morgan fingerprint density at radius 3 is 2.35 bits per heavy atom. The zero-order chi connectivity index (χ0) is 19.2. The van der Waals surface area contributed by atoms with E-state index in [1.165, 1.54) is 12.1 Å². The molecule has 2 unspecified atom stereocenters. The lowest BCUT2D eigenvalue weighted by atomic mass is 9.69. The number of aliphatic hydroxyl groups is 1. The summed E-state index contributed by atoms with van der Waals surface area (Å²) in [7, 11) is 7.35. The molecule has 0 aromatic heterocycles. The normalized spacial score (nSPS) is 25.0. The molecule has 1 aromatic carbocycles. The van der Waals surface area contributed by atoms with E-state index in [0.29, 0.717) is 5.56 Å². The minimum atomic E-state index is -1.32. The van der Waals surface area contributed by atoms with Crippen molar-refractivity contribution in [2.75, 3.05) is 33.1 Å². The molecular weight excluding hydrogens is 332 g/mol. The largest absolute Gasteiger partial charge is 0.848 e. The fraction of sp³-hybridized carbons (Fsp3) is 0.300. The number of rotatable bonds is 2. The average Bonchev–Trinajstić information content (AvgIpc) is 2.58. The summed E-state index contributed by atoms with van der Waals surface area (Å²) in [6, 6.07) is 4.91. The molecule has 1 fully saturated rings. The Morgan fingerprint density at radius 1 is 1.15 bits per heavy atom. The molecule has 0 bridgehead atoms. The van der Waals surface area contributed by atoms with Crippen molar-refractivity contribution in [3.05, 3.63) is 58.9 Å². The van der Waals surface area contributed by atoms with Crippen LogP contribution in [0, 0.1) is 0 Å². The molecule has 3 rings (SSSR count). The van der Waals surface area contributed by atoms with E-state index in [1.54, 1.807) is 24.3 Å². The summed E-state index contributed by atoms with van der Waals surface area (Å²) in [6.07, 6.45) is 3.54. The van der Waals surface area contributed by atoms with Gasteiger partial charge < -0.3 is 20.2 Å². The van der Waals surface area contributed by atoms with Gasteiger partial charge in [-0.05, 0) is 17.7 Å². The third-order valence-electron chi connectivity index (χ3n) is 4.79. The maximum absolute atomic E-state index is 12.7. The highest BCUT2D eigenvalue weighted by molar-refractivity contribution is 6.12. The van der Waals surface area contributed by atoms with E-state index in [-0.39, 0.29) is 28.4 Å². The van der Waals surface area contributed by atoms with Gasteiger partial charge >= 0.3 is 0 Å². The van der Waals surface area contributed by atoms with Crippen LogP contribution in [-0.4, -0.2) is 60.6 Å². The molecule has 6 nitrogen and oxygen atoms in total. The van der Waals surface area contributed by atoms with Crippen LogP contribution in [0.3, 0.4) is 0 Å². The van der Waals surface area contributed by atoms with E-state index in [0.717, 1.165) is 11.4 Å². The zero-order valence-electron chi connectivity index (χ0n) is 15.2. The standard InChI is InChI=1S/C20H21N2O4/c1-21(2)11-5-7-13(15(23)9-11)17-19(25)18(20(17)26)14-8-6-12(22(3)4)10-16(14)24/h5-10,17,19,23H,1-4H3/q-1/p+1. The number of phenolic OH excluding ortho intramolecular Hbond substituents is 1.